The Balaban J connectivity index is 1.89. The molecule has 1 aromatic carbocycles. The van der Waals surface area contributed by atoms with Gasteiger partial charge in [0.2, 0.25) is 0 Å². The average molecular weight is 239 g/mol. The molecule has 0 saturated heterocycles. The Bertz CT molecular complexity index is 301. The molecule has 0 bridgehead atoms. The summed E-state index contributed by atoms with van der Waals surface area (Å²) in [6, 6.07) is 7.98. The highest BCUT2D eigenvalue weighted by molar-refractivity contribution is 9.10. The smallest absolute Gasteiger partial charge is 0.0562 e. The van der Waals surface area contributed by atoms with Crippen LogP contribution in [0.2, 0.25) is 0 Å². The fourth-order valence-electron chi connectivity index (χ4n) is 0.987. The first kappa shape index (κ1) is 8.75. The van der Waals surface area contributed by atoms with Crippen LogP contribution in [0.1, 0.15) is 12.8 Å². The first-order valence-electron chi connectivity index (χ1n) is 4.39. The van der Waals surface area contributed by atoms with Gasteiger partial charge in [0.15, 0.2) is 0 Å². The van der Waals surface area contributed by atoms with Gasteiger partial charge in [-0.25, -0.2) is 0 Å². The van der Waals surface area contributed by atoms with E-state index >= 15 is 0 Å². The molecule has 1 aromatic rings. The van der Waals surface area contributed by atoms with Gasteiger partial charge in [-0.3, -0.25) is 5.43 Å². The number of nitrogens with zero attached hydrogens (tertiary/aromatic N) is 1. The standard InChI is InChI=1S/C10H11BrN2/c11-9-3-5-10(6-4-9)13-12-7-8-1-2-8/h3-8,13H,1-2H2/b12-7+. The van der Waals surface area contributed by atoms with Crippen LogP contribution in [-0.2, 0) is 0 Å². The van der Waals surface area contributed by atoms with Crippen molar-refractivity contribution in [1.29, 1.82) is 0 Å². The monoisotopic (exact) mass is 238 g/mol. The second-order valence-corrected chi connectivity index (χ2v) is 4.15. The Kier molecular flexibility index (Phi) is 2.64. The molecule has 0 unspecified atom stereocenters. The van der Waals surface area contributed by atoms with Crippen molar-refractivity contribution in [2.24, 2.45) is 11.0 Å². The molecule has 0 aliphatic heterocycles. The highest BCUT2D eigenvalue weighted by atomic mass is 79.9. The van der Waals surface area contributed by atoms with E-state index in [-0.39, 0.29) is 0 Å². The molecule has 0 atom stereocenters. The van der Waals surface area contributed by atoms with E-state index in [9.17, 15) is 0 Å². The molecule has 0 aromatic heterocycles. The van der Waals surface area contributed by atoms with Gasteiger partial charge in [-0.1, -0.05) is 15.9 Å². The van der Waals surface area contributed by atoms with Crippen molar-refractivity contribution in [2.45, 2.75) is 12.8 Å². The number of hydrazone groups is 1. The van der Waals surface area contributed by atoms with Gasteiger partial charge in [-0.05, 0) is 43.0 Å². The lowest BCUT2D eigenvalue weighted by Gasteiger charge is -1.98. The van der Waals surface area contributed by atoms with Crippen LogP contribution in [0.3, 0.4) is 0 Å². The van der Waals surface area contributed by atoms with Crippen molar-refractivity contribution >= 4 is 27.8 Å². The topological polar surface area (TPSA) is 24.4 Å². The molecule has 13 heavy (non-hydrogen) atoms. The number of anilines is 1. The summed E-state index contributed by atoms with van der Waals surface area (Å²) in [5.41, 5.74) is 4.02. The Labute approximate surface area is 86.2 Å². The average Bonchev–Trinajstić information content (AvgIpc) is 2.92. The number of rotatable bonds is 3. The highest BCUT2D eigenvalue weighted by Gasteiger charge is 2.18. The van der Waals surface area contributed by atoms with E-state index < -0.39 is 0 Å². The van der Waals surface area contributed by atoms with Crippen molar-refractivity contribution in [2.75, 3.05) is 5.43 Å². The molecule has 2 rings (SSSR count). The summed E-state index contributed by atoms with van der Waals surface area (Å²) in [4.78, 5) is 0. The van der Waals surface area contributed by atoms with Crippen LogP contribution < -0.4 is 5.43 Å². The lowest BCUT2D eigenvalue weighted by atomic mass is 10.3. The minimum absolute atomic E-state index is 0.725. The summed E-state index contributed by atoms with van der Waals surface area (Å²) < 4.78 is 1.09. The van der Waals surface area contributed by atoms with Crippen molar-refractivity contribution in [1.82, 2.24) is 0 Å². The first-order chi connectivity index (χ1) is 6.34. The summed E-state index contributed by atoms with van der Waals surface area (Å²) in [5, 5.41) is 4.14. The summed E-state index contributed by atoms with van der Waals surface area (Å²) in [5.74, 6) is 0.725. The number of benzene rings is 1. The Hall–Kier alpha value is -0.830. The van der Waals surface area contributed by atoms with Crippen molar-refractivity contribution < 1.29 is 0 Å². The van der Waals surface area contributed by atoms with Gasteiger partial charge in [0, 0.05) is 10.7 Å². The Morgan fingerprint density at radius 1 is 1.31 bits per heavy atom. The lowest BCUT2D eigenvalue weighted by molar-refractivity contribution is 1.20. The zero-order chi connectivity index (χ0) is 9.10. The van der Waals surface area contributed by atoms with Gasteiger partial charge < -0.3 is 0 Å². The molecule has 1 N–H and O–H groups in total. The van der Waals surface area contributed by atoms with E-state index in [4.69, 9.17) is 0 Å². The molecule has 0 amide bonds. The minimum Gasteiger partial charge on any atom is -0.279 e. The van der Waals surface area contributed by atoms with Gasteiger partial charge in [-0.15, -0.1) is 0 Å². The number of hydrogen-bond acceptors (Lipinski definition) is 2. The van der Waals surface area contributed by atoms with E-state index in [0.29, 0.717) is 0 Å². The maximum Gasteiger partial charge on any atom is 0.0562 e. The SMILES string of the molecule is Brc1ccc(N/N=C/C2CC2)cc1. The van der Waals surface area contributed by atoms with E-state index in [1.807, 2.05) is 30.5 Å². The number of halogens is 1. The van der Waals surface area contributed by atoms with Crippen LogP contribution in [0, 0.1) is 5.92 Å². The summed E-state index contributed by atoms with van der Waals surface area (Å²) >= 11 is 3.38. The van der Waals surface area contributed by atoms with Crippen LogP contribution in [0.4, 0.5) is 5.69 Å². The third-order valence-corrected chi connectivity index (χ3v) is 2.47. The van der Waals surface area contributed by atoms with Crippen LogP contribution in [-0.4, -0.2) is 6.21 Å². The summed E-state index contributed by atoms with van der Waals surface area (Å²) in [6.07, 6.45) is 4.58. The molecule has 3 heteroatoms. The second kappa shape index (κ2) is 3.92. The number of hydrogen-bond donors (Lipinski definition) is 1. The fourth-order valence-corrected chi connectivity index (χ4v) is 1.25. The lowest BCUT2D eigenvalue weighted by Crippen LogP contribution is -1.89. The van der Waals surface area contributed by atoms with Crippen LogP contribution >= 0.6 is 15.9 Å². The maximum absolute atomic E-state index is 4.14. The maximum atomic E-state index is 4.14. The molecule has 1 fully saturated rings. The molecule has 2 nitrogen and oxygen atoms in total. The van der Waals surface area contributed by atoms with E-state index in [1.165, 1.54) is 12.8 Å². The Morgan fingerprint density at radius 3 is 2.62 bits per heavy atom. The number of nitrogens with one attached hydrogen (secondary N) is 1. The minimum atomic E-state index is 0.725. The van der Waals surface area contributed by atoms with E-state index in [0.717, 1.165) is 16.1 Å². The molecule has 0 spiro atoms. The molecule has 1 saturated carbocycles. The first-order valence-corrected chi connectivity index (χ1v) is 5.18. The van der Waals surface area contributed by atoms with Gasteiger partial charge in [-0.2, -0.15) is 5.10 Å². The third-order valence-electron chi connectivity index (χ3n) is 1.95. The highest BCUT2D eigenvalue weighted by Crippen LogP contribution is 2.26. The normalized spacial score (nSPS) is 16.4. The van der Waals surface area contributed by atoms with Crippen LogP contribution in [0.5, 0.6) is 0 Å². The van der Waals surface area contributed by atoms with Crippen molar-refractivity contribution in [3.05, 3.63) is 28.7 Å². The summed E-state index contributed by atoms with van der Waals surface area (Å²) in [7, 11) is 0. The predicted molar refractivity (Wildman–Crippen MR) is 59.0 cm³/mol. The van der Waals surface area contributed by atoms with Crippen molar-refractivity contribution in [3.63, 3.8) is 0 Å². The third kappa shape index (κ3) is 2.84. The Morgan fingerprint density at radius 2 is 2.00 bits per heavy atom. The largest absolute Gasteiger partial charge is 0.279 e. The zero-order valence-electron chi connectivity index (χ0n) is 7.20. The van der Waals surface area contributed by atoms with Crippen LogP contribution in [0.15, 0.2) is 33.8 Å². The van der Waals surface area contributed by atoms with Crippen molar-refractivity contribution in [3.8, 4) is 0 Å². The second-order valence-electron chi connectivity index (χ2n) is 3.23. The molecule has 1 aliphatic rings. The predicted octanol–water partition coefficient (Wildman–Crippen LogP) is 3.26. The molecular weight excluding hydrogens is 228 g/mol. The molecular formula is C10H11BrN2. The zero-order valence-corrected chi connectivity index (χ0v) is 8.79. The summed E-state index contributed by atoms with van der Waals surface area (Å²) in [6.45, 7) is 0. The van der Waals surface area contributed by atoms with E-state index in [2.05, 4.69) is 26.5 Å². The molecule has 1 aliphatic carbocycles. The molecule has 0 radical (unpaired) electrons. The van der Waals surface area contributed by atoms with Gasteiger partial charge in [0.25, 0.3) is 0 Å². The van der Waals surface area contributed by atoms with Gasteiger partial charge >= 0.3 is 0 Å². The molecule has 0 heterocycles. The van der Waals surface area contributed by atoms with Crippen LogP contribution in [0.25, 0.3) is 0 Å². The molecule has 68 valence electrons. The fraction of sp³-hybridized carbons (Fsp3) is 0.300. The van der Waals surface area contributed by atoms with E-state index in [1.54, 1.807) is 0 Å². The van der Waals surface area contributed by atoms with Gasteiger partial charge in [0.1, 0.15) is 0 Å². The van der Waals surface area contributed by atoms with Gasteiger partial charge in [0.05, 0.1) is 5.69 Å². The quantitative estimate of drug-likeness (QED) is 0.635.